The van der Waals surface area contributed by atoms with Crippen LogP contribution in [0, 0.1) is 5.82 Å². The number of rotatable bonds is 5. The molecule has 6 nitrogen and oxygen atoms in total. The van der Waals surface area contributed by atoms with Gasteiger partial charge in [0.15, 0.2) is 11.5 Å². The van der Waals surface area contributed by atoms with Crippen molar-refractivity contribution in [3.8, 4) is 5.75 Å². The van der Waals surface area contributed by atoms with Gasteiger partial charge in [-0.2, -0.15) is 0 Å². The zero-order valence-electron chi connectivity index (χ0n) is 16.4. The average molecular weight is 415 g/mol. The van der Waals surface area contributed by atoms with Gasteiger partial charge in [0.05, 0.1) is 23.6 Å². The molecule has 31 heavy (non-hydrogen) atoms. The number of fused-ring (bicyclic) bond motifs is 2. The molecule has 0 saturated carbocycles. The van der Waals surface area contributed by atoms with Crippen LogP contribution >= 0.6 is 0 Å². The molecule has 0 amide bonds. The second-order valence-corrected chi connectivity index (χ2v) is 7.19. The zero-order valence-corrected chi connectivity index (χ0v) is 16.4. The van der Waals surface area contributed by atoms with Crippen molar-refractivity contribution in [1.82, 2.24) is 9.97 Å². The molecule has 0 unspecified atom stereocenters. The topological polar surface area (TPSA) is 73.3 Å². The van der Waals surface area contributed by atoms with E-state index in [0.29, 0.717) is 23.3 Å². The highest BCUT2D eigenvalue weighted by atomic mass is 19.1. The first-order chi connectivity index (χ1) is 15.2. The minimum atomic E-state index is -0.610. The first kappa shape index (κ1) is 19.0. The number of para-hydroxylation sites is 3. The molecule has 3 aromatic carbocycles. The van der Waals surface area contributed by atoms with Crippen molar-refractivity contribution in [3.63, 3.8) is 0 Å². The van der Waals surface area contributed by atoms with E-state index in [9.17, 15) is 9.18 Å². The number of nitrogens with one attached hydrogen (secondary N) is 1. The minimum absolute atomic E-state index is 0.0372. The van der Waals surface area contributed by atoms with E-state index in [-0.39, 0.29) is 24.0 Å². The molecule has 1 aliphatic heterocycles. The van der Waals surface area contributed by atoms with Crippen LogP contribution in [0.1, 0.15) is 22.0 Å². The number of halogens is 1. The monoisotopic (exact) mass is 415 g/mol. The van der Waals surface area contributed by atoms with Gasteiger partial charge in [-0.1, -0.05) is 36.4 Å². The standard InChI is InChI=1S/C24H18FN3O3/c25-16-6-5-7-17(12-16)26-23-22(27-19-9-2-3-10-20(19)28-23)24(29)31-14-15-13-30-21-11-4-1-8-18(15)21/h1-12,15H,13-14H2,(H,26,28)/t15-/m1/s1. The molecule has 0 saturated heterocycles. The second kappa shape index (κ2) is 8.02. The van der Waals surface area contributed by atoms with E-state index in [4.69, 9.17) is 9.47 Å². The summed E-state index contributed by atoms with van der Waals surface area (Å²) >= 11 is 0. The van der Waals surface area contributed by atoms with Gasteiger partial charge >= 0.3 is 5.97 Å². The van der Waals surface area contributed by atoms with Crippen molar-refractivity contribution < 1.29 is 18.7 Å². The van der Waals surface area contributed by atoms with Crippen LogP contribution in [-0.2, 0) is 4.74 Å². The molecule has 1 atom stereocenters. The second-order valence-electron chi connectivity index (χ2n) is 7.19. The highest BCUT2D eigenvalue weighted by Gasteiger charge is 2.26. The molecule has 1 aliphatic rings. The summed E-state index contributed by atoms with van der Waals surface area (Å²) in [5, 5.41) is 2.99. The highest BCUT2D eigenvalue weighted by molar-refractivity contribution is 5.96. The molecule has 1 N–H and O–H groups in total. The maximum atomic E-state index is 13.6. The maximum absolute atomic E-state index is 13.6. The number of anilines is 2. The van der Waals surface area contributed by atoms with Crippen molar-refractivity contribution in [3.05, 3.63) is 89.9 Å². The Morgan fingerprint density at radius 2 is 1.81 bits per heavy atom. The number of ether oxygens (including phenoxy) is 2. The van der Waals surface area contributed by atoms with Crippen LogP contribution < -0.4 is 10.1 Å². The first-order valence-electron chi connectivity index (χ1n) is 9.85. The van der Waals surface area contributed by atoms with Crippen LogP contribution in [0.2, 0.25) is 0 Å². The molecule has 5 rings (SSSR count). The van der Waals surface area contributed by atoms with Gasteiger partial charge in [-0.05, 0) is 36.4 Å². The van der Waals surface area contributed by atoms with Crippen LogP contribution in [0.4, 0.5) is 15.9 Å². The lowest BCUT2D eigenvalue weighted by Gasteiger charge is -2.13. The summed E-state index contributed by atoms with van der Waals surface area (Å²) in [5.41, 5.74) is 2.68. The summed E-state index contributed by atoms with van der Waals surface area (Å²) in [4.78, 5) is 21.9. The number of hydrogen-bond donors (Lipinski definition) is 1. The van der Waals surface area contributed by atoms with E-state index >= 15 is 0 Å². The molecule has 2 heterocycles. The molecule has 0 radical (unpaired) electrons. The summed E-state index contributed by atoms with van der Waals surface area (Å²) in [6.07, 6.45) is 0. The molecular formula is C24H18FN3O3. The van der Waals surface area contributed by atoms with E-state index in [1.54, 1.807) is 24.3 Å². The molecule has 4 aromatic rings. The summed E-state index contributed by atoms with van der Waals surface area (Å²) in [7, 11) is 0. The van der Waals surface area contributed by atoms with E-state index < -0.39 is 11.8 Å². The van der Waals surface area contributed by atoms with Crippen LogP contribution in [0.3, 0.4) is 0 Å². The Morgan fingerprint density at radius 1 is 1.03 bits per heavy atom. The Hall–Kier alpha value is -4.00. The van der Waals surface area contributed by atoms with E-state index in [0.717, 1.165) is 11.3 Å². The number of nitrogens with zero attached hydrogens (tertiary/aromatic N) is 2. The fourth-order valence-electron chi connectivity index (χ4n) is 3.54. The van der Waals surface area contributed by atoms with Crippen LogP contribution in [-0.4, -0.2) is 29.2 Å². The summed E-state index contributed by atoms with van der Waals surface area (Å²) in [6.45, 7) is 0.605. The number of benzene rings is 3. The van der Waals surface area contributed by atoms with Gasteiger partial charge in [0.2, 0.25) is 0 Å². The third-order valence-electron chi connectivity index (χ3n) is 5.07. The maximum Gasteiger partial charge on any atom is 0.360 e. The van der Waals surface area contributed by atoms with Crippen molar-refractivity contribution >= 4 is 28.5 Å². The van der Waals surface area contributed by atoms with E-state index in [1.165, 1.54) is 12.1 Å². The first-order valence-corrected chi connectivity index (χ1v) is 9.85. The quantitative estimate of drug-likeness (QED) is 0.470. The van der Waals surface area contributed by atoms with Crippen molar-refractivity contribution in [2.75, 3.05) is 18.5 Å². The van der Waals surface area contributed by atoms with Gasteiger partial charge in [-0.3, -0.25) is 0 Å². The lowest BCUT2D eigenvalue weighted by Crippen LogP contribution is -2.17. The van der Waals surface area contributed by atoms with Gasteiger partial charge in [0, 0.05) is 11.3 Å². The Kier molecular flexibility index (Phi) is 4.92. The number of hydrogen-bond acceptors (Lipinski definition) is 6. The Bertz CT molecular complexity index is 1280. The third-order valence-corrected chi connectivity index (χ3v) is 5.07. The highest BCUT2D eigenvalue weighted by Crippen LogP contribution is 2.33. The number of carbonyl (C=O) groups is 1. The molecule has 7 heteroatoms. The zero-order chi connectivity index (χ0) is 21.2. The molecule has 0 spiro atoms. The van der Waals surface area contributed by atoms with E-state index in [1.807, 2.05) is 36.4 Å². The number of esters is 1. The average Bonchev–Trinajstić information content (AvgIpc) is 3.20. The van der Waals surface area contributed by atoms with Crippen LogP contribution in [0.15, 0.2) is 72.8 Å². The van der Waals surface area contributed by atoms with E-state index in [2.05, 4.69) is 15.3 Å². The summed E-state index contributed by atoms with van der Waals surface area (Å²) in [6, 6.07) is 20.8. The predicted molar refractivity (Wildman–Crippen MR) is 114 cm³/mol. The molecule has 1 aromatic heterocycles. The largest absolute Gasteiger partial charge is 0.493 e. The van der Waals surface area contributed by atoms with Gasteiger partial charge < -0.3 is 14.8 Å². The van der Waals surface area contributed by atoms with Crippen LogP contribution in [0.25, 0.3) is 11.0 Å². The van der Waals surface area contributed by atoms with Gasteiger partial charge in [0.25, 0.3) is 0 Å². The molecule has 0 bridgehead atoms. The summed E-state index contributed by atoms with van der Waals surface area (Å²) in [5.74, 6) is -0.0441. The predicted octanol–water partition coefficient (Wildman–Crippen LogP) is 4.85. The smallest absolute Gasteiger partial charge is 0.360 e. The van der Waals surface area contributed by atoms with Crippen molar-refractivity contribution in [2.24, 2.45) is 0 Å². The lowest BCUT2D eigenvalue weighted by atomic mass is 10.0. The van der Waals surface area contributed by atoms with Crippen molar-refractivity contribution in [1.29, 1.82) is 0 Å². The fourth-order valence-corrected chi connectivity index (χ4v) is 3.54. The Labute approximate surface area is 177 Å². The van der Waals surface area contributed by atoms with Crippen LogP contribution in [0.5, 0.6) is 5.75 Å². The Morgan fingerprint density at radius 3 is 2.65 bits per heavy atom. The third kappa shape index (κ3) is 3.90. The molecule has 154 valence electrons. The van der Waals surface area contributed by atoms with Crippen molar-refractivity contribution in [2.45, 2.75) is 5.92 Å². The Balaban J connectivity index is 1.42. The van der Waals surface area contributed by atoms with Gasteiger partial charge in [-0.25, -0.2) is 19.2 Å². The SMILES string of the molecule is O=C(OC[C@H]1COc2ccccc21)c1nc2ccccc2nc1Nc1cccc(F)c1. The minimum Gasteiger partial charge on any atom is -0.493 e. The molecule has 0 aliphatic carbocycles. The normalized spacial score (nSPS) is 14.7. The number of carbonyl (C=O) groups excluding carboxylic acids is 1. The lowest BCUT2D eigenvalue weighted by molar-refractivity contribution is 0.0465. The fraction of sp³-hybridized carbons (Fsp3) is 0.125. The van der Waals surface area contributed by atoms with Gasteiger partial charge in [-0.15, -0.1) is 0 Å². The summed E-state index contributed by atoms with van der Waals surface area (Å²) < 4.78 is 24.9. The number of aromatic nitrogens is 2. The van der Waals surface area contributed by atoms with Gasteiger partial charge in [0.1, 0.15) is 18.2 Å². The molecular weight excluding hydrogens is 397 g/mol. The molecule has 0 fully saturated rings.